The molecule has 3 rings (SSSR count). The summed E-state index contributed by atoms with van der Waals surface area (Å²) in [6.07, 6.45) is 7.18. The van der Waals surface area contributed by atoms with Crippen LogP contribution in [0.4, 0.5) is 0 Å². The van der Waals surface area contributed by atoms with Gasteiger partial charge in [-0.25, -0.2) is 8.42 Å². The Kier molecular flexibility index (Phi) is 6.00. The van der Waals surface area contributed by atoms with Gasteiger partial charge < -0.3 is 9.64 Å². The van der Waals surface area contributed by atoms with Crippen LogP contribution in [0.3, 0.4) is 0 Å². The predicted molar refractivity (Wildman–Crippen MR) is 95.3 cm³/mol. The number of pyridine rings is 1. The van der Waals surface area contributed by atoms with E-state index in [0.717, 1.165) is 45.3 Å². The quantitative estimate of drug-likeness (QED) is 0.795. The van der Waals surface area contributed by atoms with Crippen LogP contribution in [0.5, 0.6) is 5.75 Å². The maximum absolute atomic E-state index is 11.5. The summed E-state index contributed by atoms with van der Waals surface area (Å²) < 4.78 is 28.8. The van der Waals surface area contributed by atoms with Crippen molar-refractivity contribution in [3.63, 3.8) is 0 Å². The summed E-state index contributed by atoms with van der Waals surface area (Å²) in [6, 6.07) is 1.80. The van der Waals surface area contributed by atoms with E-state index in [-0.39, 0.29) is 0 Å². The molecule has 0 unspecified atom stereocenters. The molecule has 0 amide bonds. The largest absolute Gasteiger partial charge is 0.492 e. The van der Waals surface area contributed by atoms with Gasteiger partial charge in [-0.2, -0.15) is 0 Å². The molecule has 134 valence electrons. The second-order valence-corrected chi connectivity index (χ2v) is 9.67. The number of sulfone groups is 1. The summed E-state index contributed by atoms with van der Waals surface area (Å²) in [5.41, 5.74) is 0. The first-order valence-corrected chi connectivity index (χ1v) is 10.9. The van der Waals surface area contributed by atoms with Crippen molar-refractivity contribution in [2.24, 2.45) is 11.8 Å². The average Bonchev–Trinajstić information content (AvgIpc) is 2.57. The molecular weight excluding hydrogens is 348 g/mol. The molecule has 0 radical (unpaired) electrons. The smallest absolute Gasteiger partial charge is 0.150 e. The van der Waals surface area contributed by atoms with Crippen LogP contribution >= 0.6 is 11.6 Å². The Morgan fingerprint density at radius 2 is 1.88 bits per heavy atom. The van der Waals surface area contributed by atoms with Gasteiger partial charge in [0.25, 0.3) is 0 Å². The molecule has 7 heteroatoms. The van der Waals surface area contributed by atoms with Crippen molar-refractivity contribution < 1.29 is 13.2 Å². The van der Waals surface area contributed by atoms with Gasteiger partial charge in [-0.05, 0) is 50.6 Å². The highest BCUT2D eigenvalue weighted by Crippen LogP contribution is 2.26. The number of hydrogen-bond acceptors (Lipinski definition) is 5. The summed E-state index contributed by atoms with van der Waals surface area (Å²) in [6.45, 7) is 3.88. The van der Waals surface area contributed by atoms with Crippen molar-refractivity contribution >= 4 is 21.4 Å². The van der Waals surface area contributed by atoms with Crippen LogP contribution in [-0.4, -0.2) is 56.0 Å². The van der Waals surface area contributed by atoms with Gasteiger partial charge in [0.15, 0.2) is 0 Å². The summed E-state index contributed by atoms with van der Waals surface area (Å²) in [5.74, 6) is 2.54. The number of halogens is 1. The van der Waals surface area contributed by atoms with Crippen LogP contribution in [0.2, 0.25) is 5.02 Å². The van der Waals surface area contributed by atoms with Crippen molar-refractivity contribution in [1.29, 1.82) is 0 Å². The maximum Gasteiger partial charge on any atom is 0.150 e. The highest BCUT2D eigenvalue weighted by Gasteiger charge is 2.27. The Balaban J connectivity index is 1.38. The molecule has 24 heavy (non-hydrogen) atoms. The van der Waals surface area contributed by atoms with E-state index in [1.165, 1.54) is 0 Å². The van der Waals surface area contributed by atoms with Crippen LogP contribution < -0.4 is 4.74 Å². The minimum atomic E-state index is -2.75. The molecule has 2 aliphatic rings. The van der Waals surface area contributed by atoms with E-state index < -0.39 is 9.84 Å². The fraction of sp³-hybridized carbons (Fsp3) is 0.706. The normalized spacial score (nSPS) is 23.2. The SMILES string of the molecule is O=S1(=O)CCC(CN2CCC(COc3ccncc3Cl)CC2)CC1. The highest BCUT2D eigenvalue weighted by atomic mass is 35.5. The molecule has 5 nitrogen and oxygen atoms in total. The van der Waals surface area contributed by atoms with E-state index in [4.69, 9.17) is 16.3 Å². The monoisotopic (exact) mass is 372 g/mol. The van der Waals surface area contributed by atoms with Crippen LogP contribution in [0.25, 0.3) is 0 Å². The second kappa shape index (κ2) is 8.02. The third-order valence-electron chi connectivity index (χ3n) is 5.11. The van der Waals surface area contributed by atoms with Crippen molar-refractivity contribution in [1.82, 2.24) is 9.88 Å². The van der Waals surface area contributed by atoms with Gasteiger partial charge in [0, 0.05) is 25.0 Å². The first kappa shape index (κ1) is 18.0. The number of piperidine rings is 1. The molecule has 1 aromatic rings. The van der Waals surface area contributed by atoms with E-state index in [1.54, 1.807) is 18.5 Å². The van der Waals surface area contributed by atoms with Gasteiger partial charge in [-0.1, -0.05) is 11.6 Å². The van der Waals surface area contributed by atoms with Crippen molar-refractivity contribution in [2.75, 3.05) is 37.7 Å². The molecule has 0 aromatic carbocycles. The van der Waals surface area contributed by atoms with E-state index in [0.29, 0.717) is 40.7 Å². The molecule has 0 atom stereocenters. The lowest BCUT2D eigenvalue weighted by Crippen LogP contribution is -2.40. The van der Waals surface area contributed by atoms with Gasteiger partial charge in [0.1, 0.15) is 20.6 Å². The Bertz CT molecular complexity index is 631. The van der Waals surface area contributed by atoms with E-state index >= 15 is 0 Å². The Labute approximate surface area is 149 Å². The van der Waals surface area contributed by atoms with Crippen LogP contribution in [-0.2, 0) is 9.84 Å². The zero-order chi connectivity index (χ0) is 17.0. The number of nitrogens with zero attached hydrogens (tertiary/aromatic N) is 2. The zero-order valence-electron chi connectivity index (χ0n) is 13.9. The van der Waals surface area contributed by atoms with Crippen LogP contribution in [0, 0.1) is 11.8 Å². The topological polar surface area (TPSA) is 59.5 Å². The molecule has 0 spiro atoms. The van der Waals surface area contributed by atoms with Gasteiger partial charge in [-0.3, -0.25) is 4.98 Å². The number of ether oxygens (including phenoxy) is 1. The number of likely N-dealkylation sites (tertiary alicyclic amines) is 1. The standard InChI is InChI=1S/C17H25ClN2O3S/c18-16-11-19-6-1-17(16)23-13-15-2-7-20(8-3-15)12-14-4-9-24(21,22)10-5-14/h1,6,11,14-15H,2-5,7-10,12-13H2. The first-order valence-electron chi connectivity index (χ1n) is 8.67. The Hall–Kier alpha value is -0.850. The van der Waals surface area contributed by atoms with Crippen LogP contribution in [0.1, 0.15) is 25.7 Å². The third kappa shape index (κ3) is 5.07. The molecule has 1 aromatic heterocycles. The number of aromatic nitrogens is 1. The zero-order valence-corrected chi connectivity index (χ0v) is 15.4. The van der Waals surface area contributed by atoms with E-state index in [2.05, 4.69) is 9.88 Å². The minimum Gasteiger partial charge on any atom is -0.492 e. The highest BCUT2D eigenvalue weighted by molar-refractivity contribution is 7.91. The van der Waals surface area contributed by atoms with Gasteiger partial charge in [0.05, 0.1) is 18.1 Å². The predicted octanol–water partition coefficient (Wildman–Crippen LogP) is 2.65. The van der Waals surface area contributed by atoms with E-state index in [1.807, 2.05) is 0 Å². The molecule has 3 heterocycles. The van der Waals surface area contributed by atoms with E-state index in [9.17, 15) is 8.42 Å². The first-order chi connectivity index (χ1) is 11.5. The molecule has 0 saturated carbocycles. The third-order valence-corrected chi connectivity index (χ3v) is 7.11. The molecule has 0 aliphatic carbocycles. The van der Waals surface area contributed by atoms with Gasteiger partial charge in [0.2, 0.25) is 0 Å². The molecule has 2 aliphatic heterocycles. The van der Waals surface area contributed by atoms with Crippen LogP contribution in [0.15, 0.2) is 18.5 Å². The molecule has 2 saturated heterocycles. The summed E-state index contributed by atoms with van der Waals surface area (Å²) in [7, 11) is -2.75. The van der Waals surface area contributed by atoms with Crippen molar-refractivity contribution in [3.8, 4) is 5.75 Å². The fourth-order valence-corrected chi connectivity index (χ4v) is 5.27. The fourth-order valence-electron chi connectivity index (χ4n) is 3.51. The Morgan fingerprint density at radius 3 is 2.54 bits per heavy atom. The average molecular weight is 373 g/mol. The number of rotatable bonds is 5. The lowest BCUT2D eigenvalue weighted by Gasteiger charge is -2.35. The Morgan fingerprint density at radius 1 is 1.17 bits per heavy atom. The molecule has 0 bridgehead atoms. The number of hydrogen-bond donors (Lipinski definition) is 0. The van der Waals surface area contributed by atoms with Gasteiger partial charge in [-0.15, -0.1) is 0 Å². The maximum atomic E-state index is 11.5. The minimum absolute atomic E-state index is 0.370. The lowest BCUT2D eigenvalue weighted by atomic mass is 9.95. The summed E-state index contributed by atoms with van der Waals surface area (Å²) in [4.78, 5) is 6.44. The molecular formula is C17H25ClN2O3S. The van der Waals surface area contributed by atoms with Crippen molar-refractivity contribution in [3.05, 3.63) is 23.5 Å². The summed E-state index contributed by atoms with van der Waals surface area (Å²) >= 11 is 6.06. The van der Waals surface area contributed by atoms with Crippen molar-refractivity contribution in [2.45, 2.75) is 25.7 Å². The molecule has 2 fully saturated rings. The second-order valence-electron chi connectivity index (χ2n) is 6.96. The summed E-state index contributed by atoms with van der Waals surface area (Å²) in [5, 5.41) is 0.558. The van der Waals surface area contributed by atoms with Gasteiger partial charge >= 0.3 is 0 Å². The molecule has 0 N–H and O–H groups in total. The lowest BCUT2D eigenvalue weighted by molar-refractivity contribution is 0.125.